The van der Waals surface area contributed by atoms with E-state index in [-0.39, 0.29) is 17.4 Å². The summed E-state index contributed by atoms with van der Waals surface area (Å²) in [5, 5.41) is 3.20. The summed E-state index contributed by atoms with van der Waals surface area (Å²) >= 11 is 0. The number of methoxy groups -OCH3 is 1. The average Bonchev–Trinajstić information content (AvgIpc) is 2.93. The van der Waals surface area contributed by atoms with Crippen LogP contribution in [0.1, 0.15) is 29.4 Å². The maximum atomic E-state index is 11.5. The molecule has 18 heavy (non-hydrogen) atoms. The number of hydrogen-bond acceptors (Lipinski definition) is 6. The Morgan fingerprint density at radius 3 is 2.83 bits per heavy atom. The highest BCUT2D eigenvalue weighted by atomic mass is 32.2. The third-order valence-electron chi connectivity index (χ3n) is 3.46. The topological polar surface area (TPSA) is 81.2 Å². The van der Waals surface area contributed by atoms with Crippen molar-refractivity contribution >= 4 is 9.84 Å². The number of hydrogen-bond donors (Lipinski definition) is 1. The normalized spacial score (nSPS) is 25.1. The Hall–Kier alpha value is -1.21. The molecule has 0 bridgehead atoms. The summed E-state index contributed by atoms with van der Waals surface area (Å²) in [6.07, 6.45) is 0.609. The molecule has 98 valence electrons. The van der Waals surface area contributed by atoms with Gasteiger partial charge in [-0.3, -0.25) is 0 Å². The van der Waals surface area contributed by atoms with Crippen LogP contribution in [0.15, 0.2) is 0 Å². The molecule has 0 spiro atoms. The lowest BCUT2D eigenvalue weighted by atomic mass is 10.1. The SMILES string of the molecule is COc1nc(C2CCS(=O)(=O)C2)nc2c1CNC2. The number of aromatic nitrogens is 2. The van der Waals surface area contributed by atoms with Gasteiger partial charge in [-0.1, -0.05) is 0 Å². The van der Waals surface area contributed by atoms with Crippen molar-refractivity contribution in [2.75, 3.05) is 18.6 Å². The van der Waals surface area contributed by atoms with Crippen molar-refractivity contribution in [3.8, 4) is 5.88 Å². The molecular formula is C11H15N3O3S. The van der Waals surface area contributed by atoms with E-state index in [1.807, 2.05) is 0 Å². The molecule has 3 rings (SSSR count). The van der Waals surface area contributed by atoms with Crippen molar-refractivity contribution in [1.82, 2.24) is 15.3 Å². The highest BCUT2D eigenvalue weighted by Crippen LogP contribution is 2.30. The summed E-state index contributed by atoms with van der Waals surface area (Å²) in [6, 6.07) is 0. The molecule has 2 aliphatic heterocycles. The van der Waals surface area contributed by atoms with Gasteiger partial charge in [0.2, 0.25) is 5.88 Å². The Morgan fingerprint density at radius 2 is 2.17 bits per heavy atom. The van der Waals surface area contributed by atoms with Crippen molar-refractivity contribution in [3.63, 3.8) is 0 Å². The van der Waals surface area contributed by atoms with Crippen LogP contribution in [0.4, 0.5) is 0 Å². The minimum absolute atomic E-state index is 0.0881. The Balaban J connectivity index is 1.99. The highest BCUT2D eigenvalue weighted by molar-refractivity contribution is 7.91. The Morgan fingerprint density at radius 1 is 1.33 bits per heavy atom. The summed E-state index contributed by atoms with van der Waals surface area (Å²) in [4.78, 5) is 8.86. The fourth-order valence-corrected chi connectivity index (χ4v) is 4.24. The number of ether oxygens (including phenoxy) is 1. The Labute approximate surface area is 106 Å². The first-order chi connectivity index (χ1) is 8.59. The second kappa shape index (κ2) is 4.17. The molecule has 1 saturated heterocycles. The lowest BCUT2D eigenvalue weighted by molar-refractivity contribution is 0.388. The zero-order chi connectivity index (χ0) is 12.8. The van der Waals surface area contributed by atoms with Crippen molar-refractivity contribution < 1.29 is 13.2 Å². The molecule has 1 unspecified atom stereocenters. The molecule has 0 amide bonds. The van der Waals surface area contributed by atoms with Crippen LogP contribution in [-0.2, 0) is 22.9 Å². The van der Waals surface area contributed by atoms with Crippen LogP contribution in [-0.4, -0.2) is 37.0 Å². The number of rotatable bonds is 2. The number of sulfone groups is 1. The molecule has 7 heteroatoms. The van der Waals surface area contributed by atoms with Gasteiger partial charge < -0.3 is 10.1 Å². The summed E-state index contributed by atoms with van der Waals surface area (Å²) in [5.41, 5.74) is 1.92. The maximum Gasteiger partial charge on any atom is 0.221 e. The average molecular weight is 269 g/mol. The van der Waals surface area contributed by atoms with Gasteiger partial charge in [-0.25, -0.2) is 13.4 Å². The van der Waals surface area contributed by atoms with Crippen molar-refractivity contribution in [2.45, 2.75) is 25.4 Å². The van der Waals surface area contributed by atoms with Gasteiger partial charge in [-0.2, -0.15) is 4.98 Å². The smallest absolute Gasteiger partial charge is 0.221 e. The molecule has 1 aromatic rings. The molecule has 1 aromatic heterocycles. The van der Waals surface area contributed by atoms with Crippen LogP contribution in [0.2, 0.25) is 0 Å². The Kier molecular flexibility index (Phi) is 2.74. The number of fused-ring (bicyclic) bond motifs is 1. The quantitative estimate of drug-likeness (QED) is 0.813. The predicted octanol–water partition coefficient (Wildman–Crippen LogP) is -0.00950. The molecule has 1 fully saturated rings. The molecule has 1 N–H and O–H groups in total. The lowest BCUT2D eigenvalue weighted by Crippen LogP contribution is -2.10. The first kappa shape index (κ1) is 11.9. The van der Waals surface area contributed by atoms with Crippen LogP contribution in [0, 0.1) is 0 Å². The van der Waals surface area contributed by atoms with E-state index < -0.39 is 9.84 Å². The molecular weight excluding hydrogens is 254 g/mol. The van der Waals surface area contributed by atoms with Gasteiger partial charge in [0, 0.05) is 19.0 Å². The fraction of sp³-hybridized carbons (Fsp3) is 0.636. The van der Waals surface area contributed by atoms with Crippen LogP contribution in [0.5, 0.6) is 5.88 Å². The molecule has 0 saturated carbocycles. The van der Waals surface area contributed by atoms with Gasteiger partial charge >= 0.3 is 0 Å². The summed E-state index contributed by atoms with van der Waals surface area (Å²) in [6.45, 7) is 1.41. The summed E-state index contributed by atoms with van der Waals surface area (Å²) < 4.78 is 28.3. The lowest BCUT2D eigenvalue weighted by Gasteiger charge is -2.11. The van der Waals surface area contributed by atoms with E-state index >= 15 is 0 Å². The van der Waals surface area contributed by atoms with E-state index in [1.165, 1.54) is 0 Å². The van der Waals surface area contributed by atoms with E-state index in [4.69, 9.17) is 4.74 Å². The molecule has 6 nitrogen and oxygen atoms in total. The second-order valence-electron chi connectivity index (χ2n) is 4.72. The molecule has 0 aromatic carbocycles. The highest BCUT2D eigenvalue weighted by Gasteiger charge is 2.32. The van der Waals surface area contributed by atoms with E-state index in [9.17, 15) is 8.42 Å². The largest absolute Gasteiger partial charge is 0.481 e. The summed E-state index contributed by atoms with van der Waals surface area (Å²) in [7, 11) is -1.33. The van der Waals surface area contributed by atoms with Crippen LogP contribution < -0.4 is 10.1 Å². The van der Waals surface area contributed by atoms with Gasteiger partial charge in [0.1, 0.15) is 5.82 Å². The molecule has 0 aliphatic carbocycles. The van der Waals surface area contributed by atoms with Crippen molar-refractivity contribution in [1.29, 1.82) is 0 Å². The molecule has 2 aliphatic rings. The minimum atomic E-state index is -2.91. The van der Waals surface area contributed by atoms with Gasteiger partial charge in [0.25, 0.3) is 0 Å². The van der Waals surface area contributed by atoms with Crippen LogP contribution in [0.25, 0.3) is 0 Å². The van der Waals surface area contributed by atoms with Gasteiger partial charge in [0.05, 0.1) is 29.9 Å². The van der Waals surface area contributed by atoms with E-state index in [0.717, 1.165) is 11.3 Å². The van der Waals surface area contributed by atoms with Crippen molar-refractivity contribution in [3.05, 3.63) is 17.1 Å². The molecule has 1 atom stereocenters. The zero-order valence-electron chi connectivity index (χ0n) is 10.1. The van der Waals surface area contributed by atoms with E-state index in [0.29, 0.717) is 31.2 Å². The molecule has 3 heterocycles. The molecule has 0 radical (unpaired) electrons. The summed E-state index contributed by atoms with van der Waals surface area (Å²) in [5.74, 6) is 1.48. The van der Waals surface area contributed by atoms with E-state index in [1.54, 1.807) is 7.11 Å². The zero-order valence-corrected chi connectivity index (χ0v) is 11.0. The van der Waals surface area contributed by atoms with Gasteiger partial charge in [-0.05, 0) is 6.42 Å². The van der Waals surface area contributed by atoms with E-state index in [2.05, 4.69) is 15.3 Å². The van der Waals surface area contributed by atoms with Crippen LogP contribution in [0.3, 0.4) is 0 Å². The number of nitrogens with one attached hydrogen (secondary N) is 1. The minimum Gasteiger partial charge on any atom is -0.481 e. The first-order valence-corrected chi connectivity index (χ1v) is 7.76. The number of nitrogens with zero attached hydrogens (tertiary/aromatic N) is 2. The van der Waals surface area contributed by atoms with Crippen molar-refractivity contribution in [2.24, 2.45) is 0 Å². The standard InChI is InChI=1S/C11H15N3O3S/c1-17-11-8-4-12-5-9(8)13-10(14-11)7-2-3-18(15,16)6-7/h7,12H,2-6H2,1H3. The fourth-order valence-electron chi connectivity index (χ4n) is 2.51. The second-order valence-corrected chi connectivity index (χ2v) is 6.95. The monoisotopic (exact) mass is 269 g/mol. The third-order valence-corrected chi connectivity index (χ3v) is 5.23. The Bertz CT molecular complexity index is 585. The third kappa shape index (κ3) is 1.97. The predicted molar refractivity (Wildman–Crippen MR) is 65.1 cm³/mol. The van der Waals surface area contributed by atoms with Gasteiger partial charge in [0.15, 0.2) is 9.84 Å². The maximum absolute atomic E-state index is 11.5. The first-order valence-electron chi connectivity index (χ1n) is 5.94. The van der Waals surface area contributed by atoms with Crippen LogP contribution >= 0.6 is 0 Å². The van der Waals surface area contributed by atoms with Gasteiger partial charge in [-0.15, -0.1) is 0 Å².